The summed E-state index contributed by atoms with van der Waals surface area (Å²) in [6.45, 7) is 11.8. The van der Waals surface area contributed by atoms with E-state index in [-0.39, 0.29) is 24.1 Å². The average molecular weight is 492 g/mol. The molecule has 0 aromatic carbocycles. The number of aliphatic hydroxyl groups excluding tert-OH is 1. The summed E-state index contributed by atoms with van der Waals surface area (Å²) < 4.78 is 47.0. The number of nitrogens with zero attached hydrogens (tertiary/aromatic N) is 2. The largest absolute Gasteiger partial charge is 0.449 e. The topological polar surface area (TPSA) is 112 Å². The molecule has 1 aromatic rings. The molecule has 1 saturated heterocycles. The minimum absolute atomic E-state index is 0.149. The number of ether oxygens (including phenoxy) is 2. The smallest absolute Gasteiger partial charge is 0.412 e. The average Bonchev–Trinajstić information content (AvgIpc) is 2.92. The molecule has 2 N–H and O–H groups in total. The number of anilines is 1. The molecule has 1 aliphatic heterocycles. The van der Waals surface area contributed by atoms with Gasteiger partial charge in [0.25, 0.3) is 0 Å². The Labute approximate surface area is 193 Å². The molecule has 0 spiro atoms. The van der Waals surface area contributed by atoms with E-state index in [1.807, 2.05) is 40.8 Å². The number of carbonyl (C=O) groups is 1. The molecule has 0 unspecified atom stereocenters. The number of amides is 1. The number of hydrogen-bond donors (Lipinski definition) is 2. The zero-order valence-electron chi connectivity index (χ0n) is 20.1. The fraction of sp³-hybridized carbons (Fsp3) is 0.762. The molecule has 0 bridgehead atoms. The van der Waals surface area contributed by atoms with E-state index in [9.17, 15) is 14.7 Å². The van der Waals surface area contributed by atoms with Crippen molar-refractivity contribution in [1.82, 2.24) is 9.55 Å². The first-order valence-electron chi connectivity index (χ1n) is 11.1. The lowest BCUT2D eigenvalue weighted by atomic mass is 10.1. The molecular formula is C21H35F2N3O6Si. The molecular weight excluding hydrogens is 456 g/mol. The second-order valence-corrected chi connectivity index (χ2v) is 14.5. The van der Waals surface area contributed by atoms with Crippen LogP contribution >= 0.6 is 0 Å². The molecule has 33 heavy (non-hydrogen) atoms. The number of hydrogen-bond acceptors (Lipinski definition) is 7. The van der Waals surface area contributed by atoms with E-state index in [1.54, 1.807) is 0 Å². The Bertz CT molecular complexity index is 874. The zero-order valence-corrected chi connectivity index (χ0v) is 21.1. The number of carbonyl (C=O) groups excluding carboxylic acids is 1. The number of halogens is 2. The SMILES string of the molecule is CCCCCOC(=O)Nc1ccnc(=O)n1[C@@H]1O[C@H](CO[Si](C)(C)C(C)(C)C)[C@@H](O)C1(F)F. The summed E-state index contributed by atoms with van der Waals surface area (Å²) in [4.78, 5) is 28.0. The van der Waals surface area contributed by atoms with E-state index in [1.165, 1.54) is 6.07 Å². The Balaban J connectivity index is 2.22. The summed E-state index contributed by atoms with van der Waals surface area (Å²) in [6, 6.07) is 1.18. The lowest BCUT2D eigenvalue weighted by Gasteiger charge is -2.37. The van der Waals surface area contributed by atoms with Gasteiger partial charge in [0.15, 0.2) is 14.4 Å². The van der Waals surface area contributed by atoms with Gasteiger partial charge >= 0.3 is 17.7 Å². The highest BCUT2D eigenvalue weighted by atomic mass is 28.4. The van der Waals surface area contributed by atoms with E-state index in [2.05, 4.69) is 10.3 Å². The van der Waals surface area contributed by atoms with Crippen LogP contribution in [-0.2, 0) is 13.9 Å². The molecule has 3 atom stereocenters. The molecule has 1 aliphatic rings. The summed E-state index contributed by atoms with van der Waals surface area (Å²) in [5.74, 6) is -4.12. The second kappa shape index (κ2) is 10.6. The van der Waals surface area contributed by atoms with Crippen molar-refractivity contribution in [3.8, 4) is 0 Å². The molecule has 12 heteroatoms. The van der Waals surface area contributed by atoms with Crippen LogP contribution in [0.2, 0.25) is 18.1 Å². The third-order valence-electron chi connectivity index (χ3n) is 6.12. The first-order chi connectivity index (χ1) is 15.2. The number of alkyl halides is 2. The van der Waals surface area contributed by atoms with Gasteiger partial charge in [-0.3, -0.25) is 5.32 Å². The fourth-order valence-corrected chi connectivity index (χ4v) is 4.01. The molecule has 1 aromatic heterocycles. The Kier molecular flexibility index (Phi) is 8.77. The van der Waals surface area contributed by atoms with Crippen LogP contribution in [0.3, 0.4) is 0 Å². The fourth-order valence-electron chi connectivity index (χ4n) is 3.00. The zero-order chi connectivity index (χ0) is 25.0. The maximum Gasteiger partial charge on any atom is 0.412 e. The van der Waals surface area contributed by atoms with E-state index in [0.29, 0.717) is 11.0 Å². The predicted molar refractivity (Wildman–Crippen MR) is 121 cm³/mol. The molecule has 0 radical (unpaired) electrons. The number of rotatable bonds is 9. The number of nitrogens with one attached hydrogen (secondary N) is 1. The van der Waals surface area contributed by atoms with Gasteiger partial charge in [-0.15, -0.1) is 0 Å². The van der Waals surface area contributed by atoms with Gasteiger partial charge in [0.2, 0.25) is 6.23 Å². The van der Waals surface area contributed by atoms with Gasteiger partial charge in [0.1, 0.15) is 11.9 Å². The van der Waals surface area contributed by atoms with Crippen LogP contribution in [0.5, 0.6) is 0 Å². The second-order valence-electron chi connectivity index (χ2n) is 9.67. The Morgan fingerprint density at radius 2 is 2.03 bits per heavy atom. The molecule has 2 heterocycles. The summed E-state index contributed by atoms with van der Waals surface area (Å²) in [5, 5.41) is 12.4. The monoisotopic (exact) mass is 491 g/mol. The van der Waals surface area contributed by atoms with Gasteiger partial charge < -0.3 is 19.0 Å². The highest BCUT2D eigenvalue weighted by Crippen LogP contribution is 2.44. The van der Waals surface area contributed by atoms with Gasteiger partial charge in [0, 0.05) is 6.20 Å². The van der Waals surface area contributed by atoms with Gasteiger partial charge in [0.05, 0.1) is 13.2 Å². The minimum atomic E-state index is -3.84. The standard InChI is InChI=1S/C21H35F2N3O6Si/c1-7-8-9-12-30-19(29)25-15-10-11-24-18(28)26(15)17-21(22,23)16(27)14(32-17)13-31-33(5,6)20(2,3)4/h10-11,14,16-17,27H,7-9,12-13H2,1-6H3,(H,25,29)/t14-,16-,17-/m1/s1. The van der Waals surface area contributed by atoms with Crippen molar-refractivity contribution in [3.05, 3.63) is 22.7 Å². The number of aromatic nitrogens is 2. The Morgan fingerprint density at radius 1 is 1.36 bits per heavy atom. The van der Waals surface area contributed by atoms with Crippen LogP contribution in [0.4, 0.5) is 19.4 Å². The first-order valence-corrected chi connectivity index (χ1v) is 14.0. The lowest BCUT2D eigenvalue weighted by Crippen LogP contribution is -2.45. The molecule has 188 valence electrons. The van der Waals surface area contributed by atoms with Crippen LogP contribution in [0.25, 0.3) is 0 Å². The van der Waals surface area contributed by atoms with Gasteiger partial charge in [-0.25, -0.2) is 19.1 Å². The summed E-state index contributed by atoms with van der Waals surface area (Å²) in [5.41, 5.74) is -1.07. The third-order valence-corrected chi connectivity index (χ3v) is 10.6. The van der Waals surface area contributed by atoms with Crippen molar-refractivity contribution in [3.63, 3.8) is 0 Å². The quantitative estimate of drug-likeness (QED) is 0.398. The van der Waals surface area contributed by atoms with Crippen molar-refractivity contribution in [2.24, 2.45) is 0 Å². The van der Waals surface area contributed by atoms with Crippen molar-refractivity contribution in [2.75, 3.05) is 18.5 Å². The molecule has 2 rings (SSSR count). The van der Waals surface area contributed by atoms with Crippen molar-refractivity contribution >= 4 is 20.2 Å². The normalized spacial score (nSPS) is 22.9. The van der Waals surface area contributed by atoms with Gasteiger partial charge in [-0.2, -0.15) is 8.78 Å². The summed E-state index contributed by atoms with van der Waals surface area (Å²) >= 11 is 0. The Morgan fingerprint density at radius 3 is 2.64 bits per heavy atom. The predicted octanol–water partition coefficient (Wildman–Crippen LogP) is 3.90. The molecule has 0 saturated carbocycles. The van der Waals surface area contributed by atoms with E-state index < -0.39 is 44.5 Å². The maximum atomic E-state index is 15.0. The van der Waals surface area contributed by atoms with Crippen molar-refractivity contribution in [1.29, 1.82) is 0 Å². The van der Waals surface area contributed by atoms with Crippen molar-refractivity contribution < 1.29 is 32.6 Å². The minimum Gasteiger partial charge on any atom is -0.449 e. The van der Waals surface area contributed by atoms with E-state index in [4.69, 9.17) is 13.9 Å². The van der Waals surface area contributed by atoms with Crippen LogP contribution < -0.4 is 11.0 Å². The molecule has 1 amide bonds. The summed E-state index contributed by atoms with van der Waals surface area (Å²) in [7, 11) is -2.30. The molecule has 0 aliphatic carbocycles. The van der Waals surface area contributed by atoms with Crippen LogP contribution in [0.1, 0.15) is 53.2 Å². The third kappa shape index (κ3) is 6.37. The highest BCUT2D eigenvalue weighted by molar-refractivity contribution is 6.74. The van der Waals surface area contributed by atoms with Gasteiger partial charge in [-0.1, -0.05) is 40.5 Å². The van der Waals surface area contributed by atoms with Crippen LogP contribution in [-0.4, -0.2) is 60.4 Å². The van der Waals surface area contributed by atoms with Gasteiger partial charge in [-0.05, 0) is 30.6 Å². The Hall–Kier alpha value is -1.89. The number of aliphatic hydroxyl groups is 1. The van der Waals surface area contributed by atoms with Crippen molar-refractivity contribution in [2.45, 2.75) is 89.4 Å². The maximum absolute atomic E-state index is 15.0. The van der Waals surface area contributed by atoms with Crippen LogP contribution in [0, 0.1) is 0 Å². The lowest BCUT2D eigenvalue weighted by molar-refractivity contribution is -0.140. The van der Waals surface area contributed by atoms with Crippen LogP contribution in [0.15, 0.2) is 17.1 Å². The number of unbranched alkanes of at least 4 members (excludes halogenated alkanes) is 2. The summed E-state index contributed by atoms with van der Waals surface area (Å²) in [6.07, 6.45) is -3.14. The molecule has 9 nitrogen and oxygen atoms in total. The van der Waals surface area contributed by atoms with E-state index in [0.717, 1.165) is 19.0 Å². The first kappa shape index (κ1) is 27.4. The van der Waals surface area contributed by atoms with E-state index >= 15 is 8.78 Å². The molecule has 1 fully saturated rings. The highest BCUT2D eigenvalue weighted by Gasteiger charge is 2.60.